The van der Waals surface area contributed by atoms with Crippen molar-refractivity contribution < 1.29 is 23.4 Å². The summed E-state index contributed by atoms with van der Waals surface area (Å²) in [6.45, 7) is 0. The molecule has 0 amide bonds. The molecule has 1 N–H and O–H groups in total. The Balaban J connectivity index is 3.25. The summed E-state index contributed by atoms with van der Waals surface area (Å²) in [4.78, 5) is 14.5. The first kappa shape index (κ1) is 11.8. The van der Waals surface area contributed by atoms with Gasteiger partial charge in [-0.25, -0.2) is 18.6 Å². The van der Waals surface area contributed by atoms with Crippen LogP contribution < -0.4 is 0 Å². The maximum absolute atomic E-state index is 12.3. The van der Waals surface area contributed by atoms with Gasteiger partial charge in [-0.1, -0.05) is 0 Å². The fraction of sp³-hybridized carbons (Fsp3) is 0.250. The molecule has 0 aliphatic heterocycles. The lowest BCUT2D eigenvalue weighted by atomic mass is 10.2. The van der Waals surface area contributed by atoms with Gasteiger partial charge >= 0.3 is 5.97 Å². The average molecular weight is 282 g/mol. The van der Waals surface area contributed by atoms with Crippen molar-refractivity contribution in [2.45, 2.75) is 6.43 Å². The van der Waals surface area contributed by atoms with E-state index in [0.29, 0.717) is 0 Å². The Hall–Kier alpha value is -1.24. The van der Waals surface area contributed by atoms with Gasteiger partial charge in [-0.2, -0.15) is 0 Å². The Morgan fingerprint density at radius 3 is 2.73 bits per heavy atom. The van der Waals surface area contributed by atoms with E-state index in [-0.39, 0.29) is 4.60 Å². The minimum Gasteiger partial charge on any atom is -0.505 e. The first-order valence-corrected chi connectivity index (χ1v) is 4.52. The number of carbonyl (C=O) groups excluding carboxylic acids is 1. The van der Waals surface area contributed by atoms with Gasteiger partial charge in [-0.05, 0) is 22.0 Å². The molecule has 0 saturated carbocycles. The van der Waals surface area contributed by atoms with Crippen LogP contribution in [0.1, 0.15) is 22.5 Å². The topological polar surface area (TPSA) is 59.4 Å². The van der Waals surface area contributed by atoms with Crippen LogP contribution in [0.5, 0.6) is 5.75 Å². The molecule has 0 radical (unpaired) electrons. The molecule has 82 valence electrons. The van der Waals surface area contributed by atoms with E-state index >= 15 is 0 Å². The van der Waals surface area contributed by atoms with Crippen molar-refractivity contribution in [1.82, 2.24) is 4.98 Å². The number of hydrogen-bond donors (Lipinski definition) is 1. The molecule has 1 rings (SSSR count). The Bertz CT molecular complexity index is 398. The third kappa shape index (κ3) is 2.41. The molecule has 0 aromatic carbocycles. The Kier molecular flexibility index (Phi) is 3.57. The van der Waals surface area contributed by atoms with Crippen molar-refractivity contribution in [2.24, 2.45) is 0 Å². The number of esters is 1. The zero-order valence-electron chi connectivity index (χ0n) is 7.50. The highest BCUT2D eigenvalue weighted by Crippen LogP contribution is 2.30. The molecule has 0 spiro atoms. The smallest absolute Gasteiger partial charge is 0.360 e. The van der Waals surface area contributed by atoms with Gasteiger partial charge in [0.25, 0.3) is 6.43 Å². The standard InChI is InChI=1S/C8H6BrF2NO3/c1-15-8(14)5-4(13)2-3(7(10)11)6(9)12-5/h2,7,13H,1H3. The molecule has 0 bridgehead atoms. The van der Waals surface area contributed by atoms with E-state index in [4.69, 9.17) is 0 Å². The fourth-order valence-electron chi connectivity index (χ4n) is 0.895. The lowest BCUT2D eigenvalue weighted by Crippen LogP contribution is -2.06. The molecule has 7 heteroatoms. The number of aromatic hydroxyl groups is 1. The highest BCUT2D eigenvalue weighted by Gasteiger charge is 2.20. The summed E-state index contributed by atoms with van der Waals surface area (Å²) in [7, 11) is 1.10. The monoisotopic (exact) mass is 281 g/mol. The molecule has 4 nitrogen and oxygen atoms in total. The maximum Gasteiger partial charge on any atom is 0.360 e. The summed E-state index contributed by atoms with van der Waals surface area (Å²) in [6.07, 6.45) is -2.79. The van der Waals surface area contributed by atoms with Gasteiger partial charge in [0.15, 0.2) is 5.69 Å². The van der Waals surface area contributed by atoms with E-state index in [1.165, 1.54) is 0 Å². The van der Waals surface area contributed by atoms with Gasteiger partial charge in [-0.3, -0.25) is 0 Å². The van der Waals surface area contributed by atoms with Crippen molar-refractivity contribution in [2.75, 3.05) is 7.11 Å². The number of pyridine rings is 1. The van der Waals surface area contributed by atoms with Crippen LogP contribution in [0.25, 0.3) is 0 Å². The Morgan fingerprint density at radius 1 is 1.67 bits per heavy atom. The van der Waals surface area contributed by atoms with Crippen molar-refractivity contribution in [3.8, 4) is 5.75 Å². The summed E-state index contributed by atoms with van der Waals surface area (Å²) in [5.74, 6) is -1.53. The number of methoxy groups -OCH3 is 1. The van der Waals surface area contributed by atoms with Crippen LogP contribution >= 0.6 is 15.9 Å². The third-order valence-corrected chi connectivity index (χ3v) is 2.23. The molecular formula is C8H6BrF2NO3. The summed E-state index contributed by atoms with van der Waals surface area (Å²) < 4.78 is 28.8. The summed E-state index contributed by atoms with van der Waals surface area (Å²) in [6, 6.07) is 0.772. The molecule has 1 heterocycles. The molecule has 0 saturated heterocycles. The summed E-state index contributed by atoms with van der Waals surface area (Å²) in [5, 5.41) is 9.25. The number of nitrogens with zero attached hydrogens (tertiary/aromatic N) is 1. The van der Waals surface area contributed by atoms with Gasteiger partial charge in [0.1, 0.15) is 10.4 Å². The Morgan fingerprint density at radius 2 is 2.27 bits per heavy atom. The maximum atomic E-state index is 12.3. The number of halogens is 3. The molecule has 0 unspecified atom stereocenters. The first-order chi connectivity index (χ1) is 6.97. The van der Waals surface area contributed by atoms with Crippen LogP contribution in [0.2, 0.25) is 0 Å². The quantitative estimate of drug-likeness (QED) is 0.667. The van der Waals surface area contributed by atoms with Gasteiger partial charge in [0, 0.05) is 0 Å². The number of hydrogen-bond acceptors (Lipinski definition) is 4. The van der Waals surface area contributed by atoms with E-state index in [9.17, 15) is 18.7 Å². The second-order valence-corrected chi connectivity index (χ2v) is 3.28. The minimum atomic E-state index is -2.79. The van der Waals surface area contributed by atoms with Crippen LogP contribution in [0.3, 0.4) is 0 Å². The molecule has 0 atom stereocenters. The van der Waals surface area contributed by atoms with Crippen molar-refractivity contribution in [3.63, 3.8) is 0 Å². The predicted octanol–water partition coefficient (Wildman–Crippen LogP) is 2.27. The normalized spacial score (nSPS) is 10.5. The van der Waals surface area contributed by atoms with Gasteiger partial charge in [0.2, 0.25) is 0 Å². The first-order valence-electron chi connectivity index (χ1n) is 3.73. The molecule has 1 aromatic rings. The molecular weight excluding hydrogens is 276 g/mol. The number of aromatic nitrogens is 1. The van der Waals surface area contributed by atoms with Crippen LogP contribution in [0.15, 0.2) is 10.7 Å². The van der Waals surface area contributed by atoms with Gasteiger partial charge in [-0.15, -0.1) is 0 Å². The SMILES string of the molecule is COC(=O)c1nc(Br)c(C(F)F)cc1O. The Labute approximate surface area is 92.0 Å². The van der Waals surface area contributed by atoms with Crippen molar-refractivity contribution in [3.05, 3.63) is 21.9 Å². The van der Waals surface area contributed by atoms with Crippen LogP contribution in [0.4, 0.5) is 8.78 Å². The van der Waals surface area contributed by atoms with Gasteiger partial charge in [0.05, 0.1) is 12.7 Å². The summed E-state index contributed by atoms with van der Waals surface area (Å²) >= 11 is 2.77. The molecule has 0 aliphatic rings. The van der Waals surface area contributed by atoms with E-state index in [1.54, 1.807) is 0 Å². The van der Waals surface area contributed by atoms with E-state index < -0.39 is 29.4 Å². The highest BCUT2D eigenvalue weighted by molar-refractivity contribution is 9.10. The number of rotatable bonds is 2. The van der Waals surface area contributed by atoms with Crippen LogP contribution in [0, 0.1) is 0 Å². The van der Waals surface area contributed by atoms with Crippen LogP contribution in [-0.4, -0.2) is 23.2 Å². The molecule has 0 fully saturated rings. The average Bonchev–Trinajstić information content (AvgIpc) is 2.19. The highest BCUT2D eigenvalue weighted by atomic mass is 79.9. The fourth-order valence-corrected chi connectivity index (χ4v) is 1.36. The molecule has 1 aromatic heterocycles. The number of ether oxygens (including phenoxy) is 1. The molecule has 15 heavy (non-hydrogen) atoms. The van der Waals surface area contributed by atoms with Crippen LogP contribution in [-0.2, 0) is 4.74 Å². The second-order valence-electron chi connectivity index (χ2n) is 2.53. The zero-order chi connectivity index (χ0) is 11.6. The van der Waals surface area contributed by atoms with E-state index in [1.807, 2.05) is 0 Å². The van der Waals surface area contributed by atoms with Gasteiger partial charge < -0.3 is 9.84 Å². The minimum absolute atomic E-state index is 0.198. The lowest BCUT2D eigenvalue weighted by Gasteiger charge is -2.06. The van der Waals surface area contributed by atoms with Crippen molar-refractivity contribution >= 4 is 21.9 Å². The predicted molar refractivity (Wildman–Crippen MR) is 49.9 cm³/mol. The number of carbonyl (C=O) groups is 1. The largest absolute Gasteiger partial charge is 0.505 e. The number of alkyl halides is 2. The second kappa shape index (κ2) is 4.52. The van der Waals surface area contributed by atoms with Crippen molar-refractivity contribution in [1.29, 1.82) is 0 Å². The zero-order valence-corrected chi connectivity index (χ0v) is 9.09. The van der Waals surface area contributed by atoms with E-state index in [2.05, 4.69) is 25.7 Å². The molecule has 0 aliphatic carbocycles. The summed E-state index contributed by atoms with van der Waals surface area (Å²) in [5.41, 5.74) is -0.895. The third-order valence-electron chi connectivity index (χ3n) is 1.60. The van der Waals surface area contributed by atoms with E-state index in [0.717, 1.165) is 13.2 Å². The lowest BCUT2D eigenvalue weighted by molar-refractivity contribution is 0.0589.